The Morgan fingerprint density at radius 2 is 1.95 bits per heavy atom. The van der Waals surface area contributed by atoms with E-state index in [2.05, 4.69) is 40.2 Å². The fourth-order valence-corrected chi connectivity index (χ4v) is 3.39. The van der Waals surface area contributed by atoms with Gasteiger partial charge >= 0.3 is 0 Å². The van der Waals surface area contributed by atoms with Crippen LogP contribution in [-0.2, 0) is 13.0 Å². The summed E-state index contributed by atoms with van der Waals surface area (Å²) in [6.07, 6.45) is 1.97. The normalized spacial score (nSPS) is 14.5. The van der Waals surface area contributed by atoms with Crippen molar-refractivity contribution in [2.24, 2.45) is 0 Å². The summed E-state index contributed by atoms with van der Waals surface area (Å²) in [5.41, 5.74) is 5.70. The van der Waals surface area contributed by atoms with E-state index in [1.54, 1.807) is 0 Å². The smallest absolute Gasteiger partial charge is 0.150 e. The Bertz CT molecular complexity index is 848. The molecule has 0 fully saturated rings. The molecule has 0 amide bonds. The fraction of sp³-hybridized carbons (Fsp3) is 0.211. The van der Waals surface area contributed by atoms with E-state index in [1.165, 1.54) is 22.2 Å². The van der Waals surface area contributed by atoms with Gasteiger partial charge in [-0.15, -0.1) is 0 Å². The second kappa shape index (κ2) is 5.43. The van der Waals surface area contributed by atoms with Gasteiger partial charge in [0.2, 0.25) is 0 Å². The minimum Gasteiger partial charge on any atom is -0.343 e. The number of aromatic nitrogens is 1. The van der Waals surface area contributed by atoms with Gasteiger partial charge in [-0.25, -0.2) is 0 Å². The van der Waals surface area contributed by atoms with E-state index < -0.39 is 0 Å². The lowest BCUT2D eigenvalue weighted by Gasteiger charge is -2.11. The van der Waals surface area contributed by atoms with Gasteiger partial charge in [0.15, 0.2) is 0 Å². The minimum atomic E-state index is 0.721. The molecule has 0 bridgehead atoms. The van der Waals surface area contributed by atoms with Gasteiger partial charge in [-0.3, -0.25) is 4.79 Å². The van der Waals surface area contributed by atoms with Crippen LogP contribution in [0.1, 0.15) is 16.1 Å². The third-order valence-electron chi connectivity index (χ3n) is 4.41. The van der Waals surface area contributed by atoms with Crippen molar-refractivity contribution in [2.75, 3.05) is 13.1 Å². The molecule has 2 heterocycles. The lowest BCUT2D eigenvalue weighted by Crippen LogP contribution is -2.17. The zero-order valence-electron chi connectivity index (χ0n) is 12.4. The van der Waals surface area contributed by atoms with Crippen molar-refractivity contribution in [3.8, 4) is 11.1 Å². The molecule has 4 rings (SSSR count). The molecule has 22 heavy (non-hydrogen) atoms. The number of hydrogen-bond acceptors (Lipinski definition) is 2. The molecule has 0 atom stereocenters. The first-order valence-corrected chi connectivity index (χ1v) is 7.74. The predicted octanol–water partition coefficient (Wildman–Crippen LogP) is 3.27. The maximum absolute atomic E-state index is 11.1. The number of hydrogen-bond donors (Lipinski definition) is 1. The third-order valence-corrected chi connectivity index (χ3v) is 4.41. The molecule has 0 saturated carbocycles. The molecule has 0 unspecified atom stereocenters. The first kappa shape index (κ1) is 13.3. The Hall–Kier alpha value is -2.39. The van der Waals surface area contributed by atoms with Gasteiger partial charge in [0.25, 0.3) is 0 Å². The fourth-order valence-electron chi connectivity index (χ4n) is 3.39. The zero-order valence-corrected chi connectivity index (χ0v) is 12.4. The van der Waals surface area contributed by atoms with Crippen LogP contribution in [0.15, 0.2) is 48.5 Å². The number of aldehydes is 1. The number of rotatable bonds is 2. The van der Waals surface area contributed by atoms with Crippen LogP contribution < -0.4 is 5.32 Å². The van der Waals surface area contributed by atoms with Crippen molar-refractivity contribution in [3.63, 3.8) is 0 Å². The van der Waals surface area contributed by atoms with Crippen LogP contribution in [-0.4, -0.2) is 23.9 Å². The zero-order chi connectivity index (χ0) is 14.9. The summed E-state index contributed by atoms with van der Waals surface area (Å²) in [7, 11) is 0. The predicted molar refractivity (Wildman–Crippen MR) is 89.3 cm³/mol. The summed E-state index contributed by atoms with van der Waals surface area (Å²) < 4.78 is 2.43. The summed E-state index contributed by atoms with van der Waals surface area (Å²) in [5, 5.41) is 4.74. The van der Waals surface area contributed by atoms with Gasteiger partial charge < -0.3 is 9.88 Å². The Labute approximate surface area is 129 Å². The second-order valence-electron chi connectivity index (χ2n) is 5.77. The summed E-state index contributed by atoms with van der Waals surface area (Å²) in [4.78, 5) is 11.1. The van der Waals surface area contributed by atoms with Crippen LogP contribution in [0.2, 0.25) is 0 Å². The Kier molecular flexibility index (Phi) is 3.28. The largest absolute Gasteiger partial charge is 0.343 e. The van der Waals surface area contributed by atoms with Gasteiger partial charge in [-0.2, -0.15) is 0 Å². The van der Waals surface area contributed by atoms with Gasteiger partial charge in [0, 0.05) is 48.3 Å². The third kappa shape index (κ3) is 2.14. The van der Waals surface area contributed by atoms with Crippen molar-refractivity contribution in [1.29, 1.82) is 0 Å². The summed E-state index contributed by atoms with van der Waals surface area (Å²) >= 11 is 0. The summed E-state index contributed by atoms with van der Waals surface area (Å²) in [6, 6.07) is 16.6. The number of para-hydroxylation sites is 1. The topological polar surface area (TPSA) is 34.0 Å². The van der Waals surface area contributed by atoms with E-state index in [-0.39, 0.29) is 0 Å². The average Bonchev–Trinajstić information content (AvgIpc) is 2.76. The number of benzene rings is 2. The van der Waals surface area contributed by atoms with E-state index in [0.29, 0.717) is 0 Å². The van der Waals surface area contributed by atoms with Crippen LogP contribution in [0.25, 0.3) is 22.0 Å². The highest BCUT2D eigenvalue weighted by molar-refractivity contribution is 5.96. The van der Waals surface area contributed by atoms with E-state index in [4.69, 9.17) is 0 Å². The quantitative estimate of drug-likeness (QED) is 0.735. The molecular weight excluding hydrogens is 272 g/mol. The molecule has 0 radical (unpaired) electrons. The monoisotopic (exact) mass is 290 g/mol. The lowest BCUT2D eigenvalue weighted by atomic mass is 10.0. The van der Waals surface area contributed by atoms with Gasteiger partial charge in [-0.1, -0.05) is 36.4 Å². The van der Waals surface area contributed by atoms with Crippen molar-refractivity contribution in [1.82, 2.24) is 9.88 Å². The molecule has 1 aliphatic heterocycles. The minimum absolute atomic E-state index is 0.721. The molecular formula is C19H18N2O. The Morgan fingerprint density at radius 3 is 2.86 bits per heavy atom. The molecule has 1 N–H and O–H groups in total. The van der Waals surface area contributed by atoms with Crippen LogP contribution in [0.3, 0.4) is 0 Å². The van der Waals surface area contributed by atoms with Crippen molar-refractivity contribution < 1.29 is 4.79 Å². The maximum Gasteiger partial charge on any atom is 0.150 e. The summed E-state index contributed by atoms with van der Waals surface area (Å²) in [5.74, 6) is 0. The first-order valence-electron chi connectivity index (χ1n) is 7.74. The number of carbonyl (C=O) groups is 1. The van der Waals surface area contributed by atoms with Crippen molar-refractivity contribution in [3.05, 3.63) is 59.8 Å². The van der Waals surface area contributed by atoms with Crippen molar-refractivity contribution in [2.45, 2.75) is 13.0 Å². The first-order chi connectivity index (χ1) is 10.9. The number of carbonyl (C=O) groups excluding carboxylic acids is 1. The highest BCUT2D eigenvalue weighted by Gasteiger charge is 2.15. The number of nitrogens with one attached hydrogen (secondary N) is 1. The number of fused-ring (bicyclic) bond motifs is 3. The van der Waals surface area contributed by atoms with Gasteiger partial charge in [0.05, 0.1) is 5.52 Å². The van der Waals surface area contributed by atoms with Gasteiger partial charge in [-0.05, 0) is 17.7 Å². The van der Waals surface area contributed by atoms with E-state index in [1.807, 2.05) is 18.2 Å². The van der Waals surface area contributed by atoms with Crippen LogP contribution in [0.5, 0.6) is 0 Å². The van der Waals surface area contributed by atoms with Crippen molar-refractivity contribution >= 4 is 17.2 Å². The highest BCUT2D eigenvalue weighted by Crippen LogP contribution is 2.32. The van der Waals surface area contributed by atoms with E-state index >= 15 is 0 Å². The van der Waals surface area contributed by atoms with E-state index in [0.717, 1.165) is 43.5 Å². The van der Waals surface area contributed by atoms with E-state index in [9.17, 15) is 4.79 Å². The molecule has 3 nitrogen and oxygen atoms in total. The second-order valence-corrected chi connectivity index (χ2v) is 5.77. The maximum atomic E-state index is 11.1. The SMILES string of the molecule is O=Cc1cccc(-c2cccc3cc4n(c23)CCNCC4)c1. The molecule has 3 aromatic rings. The molecule has 2 aromatic carbocycles. The molecule has 1 aromatic heterocycles. The molecule has 0 saturated heterocycles. The molecule has 0 spiro atoms. The standard InChI is InChI=1S/C19H18N2O/c22-13-14-3-1-4-15(11-14)18-6-2-5-16-12-17-7-8-20-9-10-21(17)19(16)18/h1-6,11-13,20H,7-10H2. The summed E-state index contributed by atoms with van der Waals surface area (Å²) in [6.45, 7) is 3.02. The Morgan fingerprint density at radius 1 is 1.05 bits per heavy atom. The lowest BCUT2D eigenvalue weighted by molar-refractivity contribution is 0.112. The molecule has 3 heteroatoms. The molecule has 0 aliphatic carbocycles. The van der Waals surface area contributed by atoms with Gasteiger partial charge in [0.1, 0.15) is 6.29 Å². The van der Waals surface area contributed by atoms with Crippen LogP contribution >= 0.6 is 0 Å². The van der Waals surface area contributed by atoms with Crippen LogP contribution in [0, 0.1) is 0 Å². The van der Waals surface area contributed by atoms with Crippen LogP contribution in [0.4, 0.5) is 0 Å². The average molecular weight is 290 g/mol. The number of nitrogens with zero attached hydrogens (tertiary/aromatic N) is 1. The molecule has 1 aliphatic rings. The highest BCUT2D eigenvalue weighted by atomic mass is 16.1. The Balaban J connectivity index is 1.97. The molecule has 110 valence electrons.